The molecule has 5 heteroatoms. The number of fused-ring (bicyclic) bond motifs is 13. The van der Waals surface area contributed by atoms with Crippen molar-refractivity contribution in [3.63, 3.8) is 0 Å². The molecule has 0 radical (unpaired) electrons. The van der Waals surface area contributed by atoms with Gasteiger partial charge in [0.25, 0.3) is 0 Å². The molecule has 4 heterocycles. The summed E-state index contributed by atoms with van der Waals surface area (Å²) in [4.78, 5) is 13.9. The van der Waals surface area contributed by atoms with Crippen molar-refractivity contribution in [2.45, 2.75) is 57.2 Å². The quantitative estimate of drug-likeness (QED) is 0.215. The molecule has 0 amide bonds. The minimum absolute atomic E-state index is 0.0806. The number of hydrogen-bond acceptors (Lipinski definition) is 4. The molecule has 0 saturated heterocycles. The summed E-state index contributed by atoms with van der Waals surface area (Å²) in [6, 6.07) is 13.9. The first-order valence-corrected chi connectivity index (χ1v) is 19.2. The summed E-state index contributed by atoms with van der Waals surface area (Å²) in [5, 5.41) is 6.80. The van der Waals surface area contributed by atoms with Crippen LogP contribution >= 0.6 is 11.3 Å². The summed E-state index contributed by atoms with van der Waals surface area (Å²) in [5.74, 6) is 2.44. The molecule has 0 spiro atoms. The van der Waals surface area contributed by atoms with Crippen LogP contribution in [0.3, 0.4) is 0 Å². The minimum Gasteiger partial charge on any atom is -0.330 e. The van der Waals surface area contributed by atoms with Gasteiger partial charge in [-0.25, -0.2) is 9.98 Å². The zero-order chi connectivity index (χ0) is 32.8. The molecule has 4 atom stereocenters. The number of allylic oxidation sites excluding steroid dienone is 12. The van der Waals surface area contributed by atoms with Gasteiger partial charge in [-0.2, -0.15) is 0 Å². The van der Waals surface area contributed by atoms with Crippen LogP contribution in [0.15, 0.2) is 136 Å². The lowest BCUT2D eigenvalue weighted by Crippen LogP contribution is -2.57. The molecular formula is C45H38N4S. The Labute approximate surface area is 295 Å². The molecule has 50 heavy (non-hydrogen) atoms. The lowest BCUT2D eigenvalue weighted by molar-refractivity contribution is 0.222. The molecule has 4 unspecified atom stereocenters. The Morgan fingerprint density at radius 3 is 2.66 bits per heavy atom. The molecule has 0 N–H and O–H groups in total. The van der Waals surface area contributed by atoms with Crippen molar-refractivity contribution in [1.29, 1.82) is 0 Å². The molecule has 5 aliphatic carbocycles. The number of hydrogen-bond donors (Lipinski definition) is 0. The topological polar surface area (TPSA) is 32.9 Å². The van der Waals surface area contributed by atoms with Crippen molar-refractivity contribution in [3.05, 3.63) is 137 Å². The number of rotatable bonds is 3. The molecule has 244 valence electrons. The maximum absolute atomic E-state index is 5.74. The molecule has 2 aromatic heterocycles. The van der Waals surface area contributed by atoms with E-state index in [1.165, 1.54) is 69.9 Å². The average Bonchev–Trinajstić information content (AvgIpc) is 3.72. The highest BCUT2D eigenvalue weighted by Gasteiger charge is 2.44. The Bertz CT molecular complexity index is 2600. The van der Waals surface area contributed by atoms with Gasteiger partial charge in [0.2, 0.25) is 0 Å². The Balaban J connectivity index is 1.22. The van der Waals surface area contributed by atoms with E-state index < -0.39 is 0 Å². The zero-order valence-corrected chi connectivity index (χ0v) is 28.8. The van der Waals surface area contributed by atoms with Crippen molar-refractivity contribution < 1.29 is 0 Å². The zero-order valence-electron chi connectivity index (χ0n) is 28.0. The van der Waals surface area contributed by atoms with Gasteiger partial charge >= 0.3 is 0 Å². The lowest BCUT2D eigenvalue weighted by Gasteiger charge is -2.47. The Morgan fingerprint density at radius 1 is 0.800 bits per heavy atom. The van der Waals surface area contributed by atoms with Crippen LogP contribution in [0.2, 0.25) is 0 Å². The third kappa shape index (κ3) is 4.29. The summed E-state index contributed by atoms with van der Waals surface area (Å²) in [6.45, 7) is 0. The number of benzene rings is 2. The highest BCUT2D eigenvalue weighted by molar-refractivity contribution is 7.26. The largest absolute Gasteiger partial charge is 0.330 e. The van der Waals surface area contributed by atoms with Crippen LogP contribution in [0.4, 0.5) is 0 Å². The van der Waals surface area contributed by atoms with Crippen molar-refractivity contribution in [3.8, 4) is 0 Å². The fraction of sp³-hybridized carbons (Fsp3) is 0.244. The lowest BCUT2D eigenvalue weighted by atomic mass is 9.81. The molecule has 2 aliphatic heterocycles. The van der Waals surface area contributed by atoms with Crippen LogP contribution in [0.5, 0.6) is 0 Å². The number of nitrogens with zero attached hydrogens (tertiary/aromatic N) is 4. The molecule has 0 saturated carbocycles. The normalized spacial score (nSPS) is 26.5. The SMILES string of the molecule is C1=CCCC(C2=CC=C3C(C2)C2N=C(C4=CCCC=C4)N=C(C4C=CC=CC4)N2C2C=c4c(c5ccc6sc7ccccc7c6c5n43)=CC2)=C1. The van der Waals surface area contributed by atoms with Gasteiger partial charge in [0.05, 0.1) is 16.9 Å². The van der Waals surface area contributed by atoms with Crippen molar-refractivity contribution in [1.82, 2.24) is 9.47 Å². The van der Waals surface area contributed by atoms with Gasteiger partial charge in [0.15, 0.2) is 5.84 Å². The average molecular weight is 667 g/mol. The Hall–Kier alpha value is -5.00. The van der Waals surface area contributed by atoms with E-state index in [-0.39, 0.29) is 24.0 Å². The summed E-state index contributed by atoms with van der Waals surface area (Å²) in [7, 11) is 0. The van der Waals surface area contributed by atoms with Crippen LogP contribution in [0.1, 0.15) is 44.9 Å². The smallest absolute Gasteiger partial charge is 0.158 e. The van der Waals surface area contributed by atoms with Crippen LogP contribution in [0.25, 0.3) is 48.9 Å². The van der Waals surface area contributed by atoms with Gasteiger partial charge in [-0.05, 0) is 80.4 Å². The fourth-order valence-corrected chi connectivity index (χ4v) is 10.5. The van der Waals surface area contributed by atoms with Crippen molar-refractivity contribution in [2.75, 3.05) is 0 Å². The van der Waals surface area contributed by atoms with E-state index in [0.29, 0.717) is 0 Å². The summed E-state index contributed by atoms with van der Waals surface area (Å²) >= 11 is 1.91. The van der Waals surface area contributed by atoms with E-state index in [1.807, 2.05) is 11.3 Å². The first-order chi connectivity index (χ1) is 24.8. The number of aromatic nitrogens is 1. The van der Waals surface area contributed by atoms with Crippen molar-refractivity contribution >= 4 is 71.9 Å². The minimum atomic E-state index is -0.0806. The van der Waals surface area contributed by atoms with E-state index in [2.05, 4.69) is 131 Å². The molecule has 4 nitrogen and oxygen atoms in total. The summed E-state index contributed by atoms with van der Waals surface area (Å²) < 4.78 is 5.38. The highest BCUT2D eigenvalue weighted by atomic mass is 32.1. The van der Waals surface area contributed by atoms with E-state index >= 15 is 0 Å². The molecular weight excluding hydrogens is 629 g/mol. The predicted octanol–water partition coefficient (Wildman–Crippen LogP) is 9.27. The molecule has 2 aromatic carbocycles. The predicted molar refractivity (Wildman–Crippen MR) is 212 cm³/mol. The van der Waals surface area contributed by atoms with E-state index in [1.54, 1.807) is 0 Å². The second-order valence-electron chi connectivity index (χ2n) is 14.5. The highest BCUT2D eigenvalue weighted by Crippen LogP contribution is 2.45. The van der Waals surface area contributed by atoms with E-state index in [9.17, 15) is 0 Å². The van der Waals surface area contributed by atoms with Crippen LogP contribution < -0.4 is 10.6 Å². The fourth-order valence-electron chi connectivity index (χ4n) is 9.42. The van der Waals surface area contributed by atoms with Gasteiger partial charge in [-0.1, -0.05) is 97.2 Å². The molecule has 7 aliphatic rings. The monoisotopic (exact) mass is 666 g/mol. The number of aliphatic imine (C=N–C) groups is 2. The van der Waals surface area contributed by atoms with Gasteiger partial charge in [-0.3, -0.25) is 0 Å². The molecule has 2 bridgehead atoms. The van der Waals surface area contributed by atoms with E-state index in [0.717, 1.165) is 50.8 Å². The Morgan fingerprint density at radius 2 is 1.78 bits per heavy atom. The number of amidine groups is 2. The maximum Gasteiger partial charge on any atom is 0.158 e. The van der Waals surface area contributed by atoms with Gasteiger partial charge < -0.3 is 9.47 Å². The molecule has 4 aromatic rings. The van der Waals surface area contributed by atoms with Crippen LogP contribution in [0, 0.1) is 11.8 Å². The Kier molecular flexibility index (Phi) is 6.49. The molecule has 11 rings (SSSR count). The van der Waals surface area contributed by atoms with E-state index in [4.69, 9.17) is 9.98 Å². The second-order valence-corrected chi connectivity index (χ2v) is 15.6. The van der Waals surface area contributed by atoms with Gasteiger partial charge in [-0.15, -0.1) is 11.3 Å². The maximum atomic E-state index is 5.74. The summed E-state index contributed by atoms with van der Waals surface area (Å²) in [6.07, 6.45) is 39.9. The first-order valence-electron chi connectivity index (χ1n) is 18.4. The standard InChI is InChI=1S/C45H38N4S/c1-4-12-28(13-5-1)31-20-24-37-36(26-31)45-47-43(29-14-6-2-7-15-29)46-44(30-16-8-3-9-17-30)48(45)32-21-22-33-34-23-25-40-41(42(34)49(37)38(33)27-32)35-18-10-11-19-39(35)50-40/h1,3-4,6,8-12,14-16,18-20,22-25,27,30,32,36,45H,2,5,7,13,17,21,26H2. The third-order valence-electron chi connectivity index (χ3n) is 11.7. The first kappa shape index (κ1) is 28.8. The van der Waals surface area contributed by atoms with Crippen LogP contribution in [-0.2, 0) is 0 Å². The number of thiophene rings is 1. The summed E-state index contributed by atoms with van der Waals surface area (Å²) in [5.41, 5.74) is 6.80. The third-order valence-corrected chi connectivity index (χ3v) is 12.9. The van der Waals surface area contributed by atoms with Crippen molar-refractivity contribution in [2.24, 2.45) is 21.8 Å². The second kappa shape index (κ2) is 11.3. The van der Waals surface area contributed by atoms with Gasteiger partial charge in [0, 0.05) is 53.9 Å². The van der Waals surface area contributed by atoms with Gasteiger partial charge in [0.1, 0.15) is 12.0 Å². The van der Waals surface area contributed by atoms with Crippen LogP contribution in [-0.4, -0.2) is 33.3 Å². The molecule has 0 fully saturated rings.